The molecule has 0 saturated heterocycles. The van der Waals surface area contributed by atoms with Gasteiger partial charge in [-0.25, -0.2) is 0 Å². The van der Waals surface area contributed by atoms with Crippen LogP contribution in [0.15, 0.2) is 24.3 Å². The quantitative estimate of drug-likeness (QED) is 0.465. The van der Waals surface area contributed by atoms with E-state index in [9.17, 15) is 15.0 Å². The number of hydrogen-bond acceptors (Lipinski definition) is 5. The summed E-state index contributed by atoms with van der Waals surface area (Å²) in [6, 6.07) is 7.17. The van der Waals surface area contributed by atoms with Crippen LogP contribution in [0.5, 0.6) is 0 Å². The van der Waals surface area contributed by atoms with Gasteiger partial charge in [0, 0.05) is 24.3 Å². The fourth-order valence-corrected chi connectivity index (χ4v) is 4.30. The van der Waals surface area contributed by atoms with Crippen LogP contribution < -0.4 is 10.6 Å². The molecular weight excluding hydrogens is 416 g/mol. The van der Waals surface area contributed by atoms with Crippen molar-refractivity contribution in [2.24, 2.45) is 0 Å². The van der Waals surface area contributed by atoms with Crippen LogP contribution >= 0.6 is 11.6 Å². The zero-order valence-electron chi connectivity index (χ0n) is 18.3. The van der Waals surface area contributed by atoms with Gasteiger partial charge in [-0.3, -0.25) is 9.48 Å². The summed E-state index contributed by atoms with van der Waals surface area (Å²) in [5.74, 6) is -0.301. The molecule has 1 heterocycles. The highest BCUT2D eigenvalue weighted by atomic mass is 35.5. The van der Waals surface area contributed by atoms with E-state index < -0.39 is 11.7 Å². The third-order valence-electron chi connectivity index (χ3n) is 5.92. The van der Waals surface area contributed by atoms with E-state index in [2.05, 4.69) is 15.7 Å². The molecule has 7 nitrogen and oxygen atoms in total. The molecule has 31 heavy (non-hydrogen) atoms. The largest absolute Gasteiger partial charge is 0.390 e. The summed E-state index contributed by atoms with van der Waals surface area (Å²) in [6.45, 7) is 3.02. The summed E-state index contributed by atoms with van der Waals surface area (Å²) in [7, 11) is 1.79. The molecule has 1 atom stereocenters. The molecule has 1 aliphatic carbocycles. The minimum Gasteiger partial charge on any atom is -0.390 e. The fourth-order valence-electron chi connectivity index (χ4n) is 4.10. The van der Waals surface area contributed by atoms with E-state index >= 15 is 0 Å². The van der Waals surface area contributed by atoms with Gasteiger partial charge in [0.2, 0.25) is 0 Å². The highest BCUT2D eigenvalue weighted by Gasteiger charge is 2.28. The number of hydrogen-bond donors (Lipinski definition) is 4. The van der Waals surface area contributed by atoms with Crippen LogP contribution in [0.25, 0.3) is 11.3 Å². The third-order valence-corrected chi connectivity index (χ3v) is 6.25. The first-order chi connectivity index (χ1) is 14.8. The predicted octanol–water partition coefficient (Wildman–Crippen LogP) is 2.91. The monoisotopic (exact) mass is 448 g/mol. The molecule has 4 N–H and O–H groups in total. The number of nitrogens with zero attached hydrogens (tertiary/aromatic N) is 2. The van der Waals surface area contributed by atoms with Crippen LogP contribution in [0.4, 0.5) is 0 Å². The van der Waals surface area contributed by atoms with Gasteiger partial charge in [0.15, 0.2) is 0 Å². The van der Waals surface area contributed by atoms with Gasteiger partial charge in [-0.05, 0) is 45.0 Å². The molecule has 1 amide bonds. The number of halogens is 1. The molecule has 1 fully saturated rings. The molecule has 1 saturated carbocycles. The van der Waals surface area contributed by atoms with Crippen LogP contribution in [-0.2, 0) is 6.54 Å². The van der Waals surface area contributed by atoms with Crippen molar-refractivity contribution < 1.29 is 15.0 Å². The van der Waals surface area contributed by atoms with Gasteiger partial charge in [-0.2, -0.15) is 5.10 Å². The second-order valence-corrected chi connectivity index (χ2v) is 8.99. The van der Waals surface area contributed by atoms with Crippen LogP contribution in [0.3, 0.4) is 0 Å². The molecule has 0 spiro atoms. The Balaban J connectivity index is 1.73. The Morgan fingerprint density at radius 3 is 2.65 bits per heavy atom. The number of benzene rings is 1. The summed E-state index contributed by atoms with van der Waals surface area (Å²) in [5.41, 5.74) is 1.91. The number of aliphatic hydroxyl groups is 2. The van der Waals surface area contributed by atoms with E-state index in [1.54, 1.807) is 23.9 Å². The molecule has 1 aliphatic rings. The van der Waals surface area contributed by atoms with Gasteiger partial charge in [-0.15, -0.1) is 0 Å². The summed E-state index contributed by atoms with van der Waals surface area (Å²) >= 11 is 6.31. The van der Waals surface area contributed by atoms with Crippen LogP contribution in [0.1, 0.15) is 54.6 Å². The van der Waals surface area contributed by atoms with E-state index in [1.807, 2.05) is 19.1 Å². The number of aromatic nitrogens is 2. The number of carbonyl (C=O) groups excluding carboxylic acids is 1. The van der Waals surface area contributed by atoms with Gasteiger partial charge in [0.25, 0.3) is 5.91 Å². The number of carbonyl (C=O) groups is 1. The van der Waals surface area contributed by atoms with E-state index in [1.165, 1.54) is 0 Å². The van der Waals surface area contributed by atoms with Crippen LogP contribution in [-0.4, -0.2) is 57.7 Å². The summed E-state index contributed by atoms with van der Waals surface area (Å²) in [4.78, 5) is 12.8. The van der Waals surface area contributed by atoms with Crippen molar-refractivity contribution in [2.75, 3.05) is 20.1 Å². The molecule has 0 bridgehead atoms. The van der Waals surface area contributed by atoms with Crippen molar-refractivity contribution in [1.82, 2.24) is 20.4 Å². The lowest BCUT2D eigenvalue weighted by Gasteiger charge is -2.26. The van der Waals surface area contributed by atoms with E-state index in [4.69, 9.17) is 11.6 Å². The van der Waals surface area contributed by atoms with Crippen molar-refractivity contribution in [3.8, 4) is 11.3 Å². The number of aliphatic hydroxyl groups excluding tert-OH is 1. The van der Waals surface area contributed by atoms with E-state index in [0.29, 0.717) is 42.2 Å². The molecule has 8 heteroatoms. The fraction of sp³-hybridized carbons (Fsp3) is 0.565. The average molecular weight is 449 g/mol. The van der Waals surface area contributed by atoms with Gasteiger partial charge >= 0.3 is 0 Å². The first-order valence-electron chi connectivity index (χ1n) is 11.0. The number of nitrogens with one attached hydrogen (secondary N) is 2. The standard InChI is InChI=1S/C23H33ClN4O3/c1-16-11-21(27-28(16)14-18(29)13-25-2)17-7-8-20(24)19(12-17)22(30)26-15-23(31)9-5-3-4-6-10-23/h7-8,11-12,18,25,29,31H,3-6,9-10,13-15H2,1-2H3,(H,26,30)/t18-/m0/s1. The Labute approximate surface area is 188 Å². The van der Waals surface area contributed by atoms with Crippen molar-refractivity contribution in [3.63, 3.8) is 0 Å². The van der Waals surface area contributed by atoms with Gasteiger partial charge < -0.3 is 20.8 Å². The Hall–Kier alpha value is -1.93. The zero-order chi connectivity index (χ0) is 22.4. The van der Waals surface area contributed by atoms with Crippen molar-refractivity contribution in [1.29, 1.82) is 0 Å². The molecule has 1 aromatic heterocycles. The lowest BCUT2D eigenvalue weighted by Crippen LogP contribution is -2.42. The molecule has 2 aromatic rings. The maximum Gasteiger partial charge on any atom is 0.252 e. The van der Waals surface area contributed by atoms with Gasteiger partial charge in [0.05, 0.1) is 34.5 Å². The second-order valence-electron chi connectivity index (χ2n) is 8.58. The Morgan fingerprint density at radius 1 is 1.26 bits per heavy atom. The number of rotatable bonds is 8. The van der Waals surface area contributed by atoms with Crippen LogP contribution in [0.2, 0.25) is 5.02 Å². The lowest BCUT2D eigenvalue weighted by molar-refractivity contribution is 0.0246. The normalized spacial score (nSPS) is 17.2. The topological polar surface area (TPSA) is 99.4 Å². The number of likely N-dealkylation sites (N-methyl/N-ethyl adjacent to an activating group) is 1. The number of amides is 1. The second kappa shape index (κ2) is 10.6. The molecule has 0 aliphatic heterocycles. The summed E-state index contributed by atoms with van der Waals surface area (Å²) in [5, 5.41) is 31.6. The Kier molecular flexibility index (Phi) is 8.11. The first kappa shape index (κ1) is 23.7. The van der Waals surface area contributed by atoms with Crippen LogP contribution in [0, 0.1) is 6.92 Å². The lowest BCUT2D eigenvalue weighted by atomic mass is 9.94. The first-order valence-corrected chi connectivity index (χ1v) is 11.4. The van der Waals surface area contributed by atoms with E-state index in [-0.39, 0.29) is 12.5 Å². The Bertz CT molecular complexity index is 891. The molecule has 0 unspecified atom stereocenters. The maximum absolute atomic E-state index is 12.8. The molecule has 0 radical (unpaired) electrons. The average Bonchev–Trinajstić information content (AvgIpc) is 2.95. The highest BCUT2D eigenvalue weighted by molar-refractivity contribution is 6.34. The third kappa shape index (κ3) is 6.29. The van der Waals surface area contributed by atoms with Crippen molar-refractivity contribution >= 4 is 17.5 Å². The zero-order valence-corrected chi connectivity index (χ0v) is 19.1. The Morgan fingerprint density at radius 2 is 1.97 bits per heavy atom. The molecular formula is C23H33ClN4O3. The minimum absolute atomic E-state index is 0.226. The predicted molar refractivity (Wildman–Crippen MR) is 122 cm³/mol. The maximum atomic E-state index is 12.8. The number of aryl methyl sites for hydroxylation is 1. The van der Waals surface area contributed by atoms with E-state index in [0.717, 1.165) is 36.9 Å². The molecule has 170 valence electrons. The van der Waals surface area contributed by atoms with Crippen molar-refractivity contribution in [3.05, 3.63) is 40.5 Å². The van der Waals surface area contributed by atoms with Gasteiger partial charge in [0.1, 0.15) is 0 Å². The molecule has 3 rings (SSSR count). The van der Waals surface area contributed by atoms with Crippen molar-refractivity contribution in [2.45, 2.75) is 63.7 Å². The van der Waals surface area contributed by atoms with Gasteiger partial charge in [-0.1, -0.05) is 43.4 Å². The smallest absolute Gasteiger partial charge is 0.252 e. The SMILES string of the molecule is CNC[C@H](O)Cn1nc(-c2ccc(Cl)c(C(=O)NCC3(O)CCCCCC3)c2)cc1C. The molecule has 1 aromatic carbocycles. The minimum atomic E-state index is -0.847. The summed E-state index contributed by atoms with van der Waals surface area (Å²) in [6.07, 6.45) is 5.08. The highest BCUT2D eigenvalue weighted by Crippen LogP contribution is 2.28. The summed E-state index contributed by atoms with van der Waals surface area (Å²) < 4.78 is 1.76.